The van der Waals surface area contributed by atoms with E-state index in [1.54, 1.807) is 24.5 Å². The molecule has 2 aromatic rings. The van der Waals surface area contributed by atoms with E-state index in [1.807, 2.05) is 17.0 Å². The molecule has 2 N–H and O–H groups in total. The van der Waals surface area contributed by atoms with Gasteiger partial charge in [-0.15, -0.1) is 35.3 Å². The zero-order chi connectivity index (χ0) is 18.4. The first-order valence-electron chi connectivity index (χ1n) is 8.76. The van der Waals surface area contributed by atoms with Gasteiger partial charge in [0.15, 0.2) is 5.96 Å². The lowest BCUT2D eigenvalue weighted by molar-refractivity contribution is 0.122. The highest BCUT2D eigenvalue weighted by atomic mass is 127. The van der Waals surface area contributed by atoms with Crippen molar-refractivity contribution in [3.63, 3.8) is 0 Å². The van der Waals surface area contributed by atoms with Gasteiger partial charge in [0.1, 0.15) is 5.82 Å². The van der Waals surface area contributed by atoms with Gasteiger partial charge in [-0.25, -0.2) is 4.39 Å². The molecule has 3 rings (SSSR count). The highest BCUT2D eigenvalue weighted by Crippen LogP contribution is 2.21. The predicted octanol–water partition coefficient (Wildman–Crippen LogP) is 3.52. The summed E-state index contributed by atoms with van der Waals surface area (Å²) in [5.41, 5.74) is 2.81. The van der Waals surface area contributed by atoms with Gasteiger partial charge in [-0.1, -0.05) is 6.07 Å². The van der Waals surface area contributed by atoms with E-state index in [-0.39, 0.29) is 29.8 Å². The van der Waals surface area contributed by atoms with Gasteiger partial charge < -0.3 is 20.3 Å². The largest absolute Gasteiger partial charge is 0.378 e. The number of hydrogen-bond acceptors (Lipinski definition) is 4. The van der Waals surface area contributed by atoms with E-state index >= 15 is 0 Å². The molecule has 1 aliphatic heterocycles. The SMILES string of the molecule is CN=C(NCc1ccc(N2CCOCC2)c(F)c1)NCc1sccc1C.I. The van der Waals surface area contributed by atoms with Gasteiger partial charge in [0.2, 0.25) is 0 Å². The van der Waals surface area contributed by atoms with Crippen molar-refractivity contribution in [2.75, 3.05) is 38.3 Å². The number of hydrogen-bond donors (Lipinski definition) is 2. The molecule has 0 amide bonds. The molecule has 0 radical (unpaired) electrons. The molecule has 0 spiro atoms. The fraction of sp³-hybridized carbons (Fsp3) is 0.421. The van der Waals surface area contributed by atoms with Crippen molar-refractivity contribution in [1.29, 1.82) is 0 Å². The summed E-state index contributed by atoms with van der Waals surface area (Å²) in [7, 11) is 1.73. The number of anilines is 1. The van der Waals surface area contributed by atoms with E-state index < -0.39 is 0 Å². The molecule has 1 fully saturated rings. The third-order valence-corrected chi connectivity index (χ3v) is 5.45. The smallest absolute Gasteiger partial charge is 0.191 e. The number of thiophene rings is 1. The number of benzene rings is 1. The lowest BCUT2D eigenvalue weighted by Crippen LogP contribution is -2.37. The van der Waals surface area contributed by atoms with Crippen LogP contribution in [0.3, 0.4) is 0 Å². The van der Waals surface area contributed by atoms with E-state index in [9.17, 15) is 4.39 Å². The van der Waals surface area contributed by atoms with Gasteiger partial charge in [-0.2, -0.15) is 0 Å². The molecular formula is C19H26FIN4OS. The fourth-order valence-electron chi connectivity index (χ4n) is 2.88. The summed E-state index contributed by atoms with van der Waals surface area (Å²) in [5.74, 6) is 0.513. The maximum atomic E-state index is 14.5. The second kappa shape index (κ2) is 10.8. The Morgan fingerprint density at radius 2 is 1.96 bits per heavy atom. The molecule has 1 saturated heterocycles. The van der Waals surface area contributed by atoms with Crippen LogP contribution >= 0.6 is 35.3 Å². The summed E-state index contributed by atoms with van der Waals surface area (Å²) in [4.78, 5) is 7.54. The van der Waals surface area contributed by atoms with E-state index in [4.69, 9.17) is 4.74 Å². The Hall–Kier alpha value is -1.39. The molecule has 5 nitrogen and oxygen atoms in total. The number of aryl methyl sites for hydroxylation is 1. The molecule has 2 heterocycles. The topological polar surface area (TPSA) is 48.9 Å². The first-order valence-corrected chi connectivity index (χ1v) is 9.64. The lowest BCUT2D eigenvalue weighted by Gasteiger charge is -2.29. The standard InChI is InChI=1S/C19H25FN4OS.HI/c1-14-5-10-26-18(14)13-23-19(21-2)22-12-15-3-4-17(16(20)11-15)24-6-8-25-9-7-24;/h3-5,10-11H,6-9,12-13H2,1-2H3,(H2,21,22,23);1H. The maximum Gasteiger partial charge on any atom is 0.191 e. The molecule has 1 aliphatic rings. The Morgan fingerprint density at radius 1 is 1.22 bits per heavy atom. The first kappa shape index (κ1) is 21.9. The normalized spacial score (nSPS) is 14.6. The summed E-state index contributed by atoms with van der Waals surface area (Å²) in [6.07, 6.45) is 0. The lowest BCUT2D eigenvalue weighted by atomic mass is 10.1. The van der Waals surface area contributed by atoms with Crippen LogP contribution in [0.1, 0.15) is 16.0 Å². The molecule has 0 saturated carbocycles. The molecule has 27 heavy (non-hydrogen) atoms. The van der Waals surface area contributed by atoms with Crippen molar-refractivity contribution < 1.29 is 9.13 Å². The Morgan fingerprint density at radius 3 is 2.59 bits per heavy atom. The Labute approximate surface area is 181 Å². The van der Waals surface area contributed by atoms with Gasteiger partial charge in [0.05, 0.1) is 25.4 Å². The van der Waals surface area contributed by atoms with Crippen molar-refractivity contribution in [2.45, 2.75) is 20.0 Å². The molecule has 0 unspecified atom stereocenters. The van der Waals surface area contributed by atoms with E-state index in [0.717, 1.165) is 25.2 Å². The number of guanidine groups is 1. The van der Waals surface area contributed by atoms with Crippen LogP contribution in [0.4, 0.5) is 10.1 Å². The highest BCUT2D eigenvalue weighted by molar-refractivity contribution is 14.0. The molecule has 0 bridgehead atoms. The Balaban J connectivity index is 0.00000261. The molecule has 148 valence electrons. The zero-order valence-electron chi connectivity index (χ0n) is 15.6. The van der Waals surface area contributed by atoms with Crippen LogP contribution in [0.2, 0.25) is 0 Å². The van der Waals surface area contributed by atoms with Crippen molar-refractivity contribution in [1.82, 2.24) is 10.6 Å². The number of aliphatic imine (C=N–C) groups is 1. The quantitative estimate of drug-likeness (QED) is 0.372. The van der Waals surface area contributed by atoms with Gasteiger partial charge in [-0.3, -0.25) is 4.99 Å². The van der Waals surface area contributed by atoms with Crippen LogP contribution in [0.25, 0.3) is 0 Å². The van der Waals surface area contributed by atoms with Crippen LogP contribution in [0.15, 0.2) is 34.6 Å². The summed E-state index contributed by atoms with van der Waals surface area (Å²) in [6.45, 7) is 6.10. The minimum Gasteiger partial charge on any atom is -0.378 e. The first-order chi connectivity index (χ1) is 12.7. The second-order valence-electron chi connectivity index (χ2n) is 6.19. The van der Waals surface area contributed by atoms with Crippen LogP contribution < -0.4 is 15.5 Å². The predicted molar refractivity (Wildman–Crippen MR) is 121 cm³/mol. The second-order valence-corrected chi connectivity index (χ2v) is 7.19. The zero-order valence-corrected chi connectivity index (χ0v) is 18.8. The van der Waals surface area contributed by atoms with Crippen molar-refractivity contribution in [2.24, 2.45) is 4.99 Å². The summed E-state index contributed by atoms with van der Waals surface area (Å²) >= 11 is 1.73. The number of nitrogens with zero attached hydrogens (tertiary/aromatic N) is 2. The third kappa shape index (κ3) is 6.05. The summed E-state index contributed by atoms with van der Waals surface area (Å²) in [5, 5.41) is 8.62. The van der Waals surface area contributed by atoms with Crippen molar-refractivity contribution in [3.8, 4) is 0 Å². The van der Waals surface area contributed by atoms with E-state index in [0.29, 0.717) is 31.4 Å². The van der Waals surface area contributed by atoms with Crippen LogP contribution in [-0.2, 0) is 17.8 Å². The van der Waals surface area contributed by atoms with Gasteiger partial charge in [0.25, 0.3) is 0 Å². The van der Waals surface area contributed by atoms with Crippen molar-refractivity contribution >= 4 is 47.0 Å². The molecule has 0 aliphatic carbocycles. The van der Waals surface area contributed by atoms with Crippen LogP contribution in [-0.4, -0.2) is 39.3 Å². The maximum absolute atomic E-state index is 14.5. The summed E-state index contributed by atoms with van der Waals surface area (Å²) in [6, 6.07) is 7.51. The molecule has 1 aromatic heterocycles. The monoisotopic (exact) mass is 504 g/mol. The van der Waals surface area contributed by atoms with Crippen LogP contribution in [0, 0.1) is 12.7 Å². The number of morpholine rings is 1. The molecule has 0 atom stereocenters. The Bertz CT molecular complexity index is 762. The highest BCUT2D eigenvalue weighted by Gasteiger charge is 2.15. The average molecular weight is 504 g/mol. The molecule has 1 aromatic carbocycles. The van der Waals surface area contributed by atoms with Crippen molar-refractivity contribution in [3.05, 3.63) is 51.5 Å². The average Bonchev–Trinajstić information content (AvgIpc) is 3.07. The minimum absolute atomic E-state index is 0. The van der Waals surface area contributed by atoms with Gasteiger partial charge in [-0.05, 0) is 41.6 Å². The number of halogens is 2. The van der Waals surface area contributed by atoms with E-state index in [2.05, 4.69) is 34.0 Å². The number of ether oxygens (including phenoxy) is 1. The third-order valence-electron chi connectivity index (χ3n) is 4.43. The van der Waals surface area contributed by atoms with Crippen LogP contribution in [0.5, 0.6) is 0 Å². The van der Waals surface area contributed by atoms with Gasteiger partial charge >= 0.3 is 0 Å². The minimum atomic E-state index is -0.191. The molecule has 8 heteroatoms. The molecular weight excluding hydrogens is 478 g/mol. The number of rotatable bonds is 5. The van der Waals surface area contributed by atoms with E-state index in [1.165, 1.54) is 10.4 Å². The van der Waals surface area contributed by atoms with Gasteiger partial charge in [0, 0.05) is 31.6 Å². The fourth-order valence-corrected chi connectivity index (χ4v) is 3.72. The summed E-state index contributed by atoms with van der Waals surface area (Å²) < 4.78 is 19.8. The Kier molecular flexibility index (Phi) is 8.78. The number of nitrogens with one attached hydrogen (secondary N) is 2.